The minimum absolute atomic E-state index is 0.00744. The van der Waals surface area contributed by atoms with Crippen LogP contribution in [-0.2, 0) is 14.9 Å². The summed E-state index contributed by atoms with van der Waals surface area (Å²) >= 11 is 0. The van der Waals surface area contributed by atoms with E-state index in [4.69, 9.17) is 0 Å². The van der Waals surface area contributed by atoms with Gasteiger partial charge in [0, 0.05) is 28.7 Å². The summed E-state index contributed by atoms with van der Waals surface area (Å²) in [5.41, 5.74) is 1.76. The number of nitrogens with one attached hydrogen (secondary N) is 3. The van der Waals surface area contributed by atoms with Gasteiger partial charge >= 0.3 is 0 Å². The van der Waals surface area contributed by atoms with E-state index in [0.29, 0.717) is 17.1 Å². The molecular weight excluding hydrogens is 482 g/mol. The quantitative estimate of drug-likeness (QED) is 0.257. The fraction of sp³-hybridized carbons (Fsp3) is 0.192. The zero-order valence-electron chi connectivity index (χ0n) is 19.9. The molecule has 0 amide bonds. The van der Waals surface area contributed by atoms with Crippen molar-refractivity contribution < 1.29 is 27.4 Å². The van der Waals surface area contributed by atoms with Crippen LogP contribution in [0.15, 0.2) is 59.5 Å². The van der Waals surface area contributed by atoms with E-state index >= 15 is 0 Å². The van der Waals surface area contributed by atoms with E-state index in [-0.39, 0.29) is 40.6 Å². The van der Waals surface area contributed by atoms with Crippen LogP contribution in [0.5, 0.6) is 0 Å². The van der Waals surface area contributed by atoms with Crippen molar-refractivity contribution in [1.29, 1.82) is 0 Å². The number of carbonyl (C=O) groups is 3. The van der Waals surface area contributed by atoms with E-state index in [1.807, 2.05) is 13.8 Å². The van der Waals surface area contributed by atoms with Gasteiger partial charge < -0.3 is 16.0 Å². The lowest BCUT2D eigenvalue weighted by Gasteiger charge is -2.25. The Balaban J connectivity index is 1.83. The Kier molecular flexibility index (Phi) is 6.66. The van der Waals surface area contributed by atoms with Crippen molar-refractivity contribution in [3.63, 3.8) is 0 Å². The normalized spacial score (nSPS) is 12.7. The molecule has 3 aromatic carbocycles. The maximum atomic E-state index is 13.7. The first-order valence-corrected chi connectivity index (χ1v) is 12.6. The van der Waals surface area contributed by atoms with Crippen LogP contribution >= 0.6 is 0 Å². The lowest BCUT2D eigenvalue weighted by molar-refractivity contribution is -0.115. The summed E-state index contributed by atoms with van der Waals surface area (Å²) in [7, 11) is -4.76. The number of anilines is 4. The third-order valence-corrected chi connectivity index (χ3v) is 6.48. The van der Waals surface area contributed by atoms with E-state index in [1.54, 1.807) is 36.4 Å². The second-order valence-electron chi connectivity index (χ2n) is 8.78. The Bertz CT molecular complexity index is 1490. The van der Waals surface area contributed by atoms with Gasteiger partial charge in [-0.25, -0.2) is 0 Å². The number of ketones is 3. The third-order valence-electron chi connectivity index (χ3n) is 5.58. The van der Waals surface area contributed by atoms with Crippen molar-refractivity contribution in [1.82, 2.24) is 0 Å². The molecule has 0 spiro atoms. The van der Waals surface area contributed by atoms with Crippen molar-refractivity contribution >= 4 is 50.2 Å². The summed E-state index contributed by atoms with van der Waals surface area (Å²) in [4.78, 5) is 37.9. The molecule has 0 radical (unpaired) electrons. The van der Waals surface area contributed by atoms with Gasteiger partial charge in [-0.1, -0.05) is 12.1 Å². The maximum absolute atomic E-state index is 13.7. The number of rotatable bonds is 8. The van der Waals surface area contributed by atoms with Gasteiger partial charge in [-0.3, -0.25) is 18.9 Å². The van der Waals surface area contributed by atoms with Gasteiger partial charge in [-0.15, -0.1) is 0 Å². The average Bonchev–Trinajstić information content (AvgIpc) is 2.81. The topological polar surface area (TPSA) is 142 Å². The number of fused-ring (bicyclic) bond motifs is 2. The average molecular weight is 508 g/mol. The Labute approximate surface area is 208 Å². The molecule has 0 aliphatic heterocycles. The standard InChI is InChI=1S/C26H25N3O6S/c1-14(2)28-19-11-12-20(29-17-9-7-16(8-10-17)27-13-15(3)30)24-23(19)25(31)18-5-4-6-21(36(33,34)35)22(18)26(24)32/h4-12,14,27-29H,13H2,1-3H3,(H,33,34,35). The van der Waals surface area contributed by atoms with Crippen molar-refractivity contribution in [3.05, 3.63) is 76.9 Å². The van der Waals surface area contributed by atoms with Crippen molar-refractivity contribution in [2.75, 3.05) is 22.5 Å². The van der Waals surface area contributed by atoms with Crippen LogP contribution in [0.4, 0.5) is 22.7 Å². The molecule has 3 aromatic rings. The SMILES string of the molecule is CC(=O)CNc1ccc(Nc2ccc(NC(C)C)c3c2C(=O)c2c(cccc2S(=O)(=O)O)C3=O)cc1. The summed E-state index contributed by atoms with van der Waals surface area (Å²) in [6.07, 6.45) is 0. The molecule has 0 saturated heterocycles. The number of hydrogen-bond acceptors (Lipinski definition) is 8. The van der Waals surface area contributed by atoms with E-state index in [0.717, 1.165) is 11.8 Å². The smallest absolute Gasteiger partial charge is 0.295 e. The van der Waals surface area contributed by atoms with E-state index in [1.165, 1.54) is 19.1 Å². The monoisotopic (exact) mass is 507 g/mol. The minimum atomic E-state index is -4.76. The molecule has 0 unspecified atom stereocenters. The number of hydrogen-bond donors (Lipinski definition) is 4. The van der Waals surface area contributed by atoms with E-state index in [9.17, 15) is 27.4 Å². The van der Waals surface area contributed by atoms with Crippen LogP contribution in [0, 0.1) is 0 Å². The Morgan fingerprint density at radius 1 is 0.861 bits per heavy atom. The predicted octanol–water partition coefficient (Wildman–Crippen LogP) is 4.27. The van der Waals surface area contributed by atoms with Gasteiger partial charge in [-0.2, -0.15) is 8.42 Å². The van der Waals surface area contributed by atoms with Crippen molar-refractivity contribution in [2.45, 2.75) is 31.7 Å². The first-order chi connectivity index (χ1) is 17.0. The summed E-state index contributed by atoms with van der Waals surface area (Å²) in [6, 6.07) is 14.1. The summed E-state index contributed by atoms with van der Waals surface area (Å²) < 4.78 is 33.8. The minimum Gasteiger partial charge on any atom is -0.382 e. The molecule has 0 atom stereocenters. The van der Waals surface area contributed by atoms with Gasteiger partial charge in [-0.05, 0) is 63.2 Å². The largest absolute Gasteiger partial charge is 0.382 e. The highest BCUT2D eigenvalue weighted by molar-refractivity contribution is 7.86. The lowest BCUT2D eigenvalue weighted by atomic mass is 9.82. The van der Waals surface area contributed by atoms with Crippen molar-refractivity contribution in [2.24, 2.45) is 0 Å². The molecule has 1 aliphatic rings. The van der Waals surface area contributed by atoms with Crippen LogP contribution in [0.3, 0.4) is 0 Å². The van der Waals surface area contributed by atoms with E-state index in [2.05, 4.69) is 16.0 Å². The fourth-order valence-corrected chi connectivity index (χ4v) is 4.80. The van der Waals surface area contributed by atoms with Crippen LogP contribution in [0.2, 0.25) is 0 Å². The van der Waals surface area contributed by atoms with Crippen molar-refractivity contribution in [3.8, 4) is 0 Å². The number of carbonyl (C=O) groups excluding carboxylic acids is 3. The van der Waals surface area contributed by atoms with Gasteiger partial charge in [0.2, 0.25) is 0 Å². The zero-order chi connectivity index (χ0) is 26.2. The first-order valence-electron chi connectivity index (χ1n) is 11.2. The lowest BCUT2D eigenvalue weighted by Crippen LogP contribution is -2.27. The second kappa shape index (κ2) is 9.56. The molecule has 0 fully saturated rings. The fourth-order valence-electron chi connectivity index (χ4n) is 4.09. The molecule has 36 heavy (non-hydrogen) atoms. The second-order valence-corrected chi connectivity index (χ2v) is 10.2. The van der Waals surface area contributed by atoms with Crippen LogP contribution in [-0.4, -0.2) is 42.9 Å². The van der Waals surface area contributed by atoms with Gasteiger partial charge in [0.25, 0.3) is 10.1 Å². The molecule has 0 heterocycles. The highest BCUT2D eigenvalue weighted by atomic mass is 32.2. The molecule has 4 N–H and O–H groups in total. The Morgan fingerprint density at radius 2 is 1.47 bits per heavy atom. The first kappa shape index (κ1) is 25.1. The molecule has 0 aromatic heterocycles. The molecule has 9 nitrogen and oxygen atoms in total. The highest BCUT2D eigenvalue weighted by Gasteiger charge is 2.38. The molecule has 0 saturated carbocycles. The molecule has 1 aliphatic carbocycles. The Morgan fingerprint density at radius 3 is 2.08 bits per heavy atom. The summed E-state index contributed by atoms with van der Waals surface area (Å²) in [5, 5.41) is 9.30. The maximum Gasteiger partial charge on any atom is 0.295 e. The van der Waals surface area contributed by atoms with Gasteiger partial charge in [0.15, 0.2) is 11.6 Å². The highest BCUT2D eigenvalue weighted by Crippen LogP contribution is 2.39. The molecule has 186 valence electrons. The summed E-state index contributed by atoms with van der Waals surface area (Å²) in [6.45, 7) is 5.45. The Hall–Kier alpha value is -4.02. The molecule has 0 bridgehead atoms. The third kappa shape index (κ3) is 4.86. The van der Waals surface area contributed by atoms with E-state index < -0.39 is 26.6 Å². The van der Waals surface area contributed by atoms with Crippen LogP contribution in [0.25, 0.3) is 0 Å². The number of Topliss-reactive ketones (excluding diaryl/α,β-unsaturated/α-hetero) is 1. The predicted molar refractivity (Wildman–Crippen MR) is 137 cm³/mol. The molecule has 10 heteroatoms. The van der Waals surface area contributed by atoms with Crippen LogP contribution < -0.4 is 16.0 Å². The van der Waals surface area contributed by atoms with Gasteiger partial charge in [0.05, 0.1) is 28.9 Å². The zero-order valence-corrected chi connectivity index (χ0v) is 20.7. The molecular formula is C26H25N3O6S. The molecule has 4 rings (SSSR count). The van der Waals surface area contributed by atoms with Crippen LogP contribution in [0.1, 0.15) is 52.6 Å². The number of benzene rings is 3. The summed E-state index contributed by atoms with van der Waals surface area (Å²) in [5.74, 6) is -1.23. The van der Waals surface area contributed by atoms with Gasteiger partial charge in [0.1, 0.15) is 10.7 Å².